The van der Waals surface area contributed by atoms with E-state index in [0.29, 0.717) is 47.7 Å². The molecule has 4 rings (SSSR count). The highest BCUT2D eigenvalue weighted by Crippen LogP contribution is 2.28. The number of methoxy groups -OCH3 is 2. The first kappa shape index (κ1) is 22.6. The van der Waals surface area contributed by atoms with Gasteiger partial charge in [0.05, 0.1) is 19.7 Å². The van der Waals surface area contributed by atoms with E-state index >= 15 is 0 Å². The lowest BCUT2D eigenvalue weighted by atomic mass is 10.1. The van der Waals surface area contributed by atoms with Crippen LogP contribution >= 0.6 is 0 Å². The van der Waals surface area contributed by atoms with Crippen LogP contribution in [-0.2, 0) is 26.4 Å². The molecule has 0 saturated heterocycles. The second-order valence-electron chi connectivity index (χ2n) is 8.13. The van der Waals surface area contributed by atoms with Crippen molar-refractivity contribution in [1.82, 2.24) is 14.1 Å². The highest BCUT2D eigenvalue weighted by molar-refractivity contribution is 5.91. The summed E-state index contributed by atoms with van der Waals surface area (Å²) in [5, 5.41) is 0.669. The van der Waals surface area contributed by atoms with Crippen LogP contribution in [-0.4, -0.2) is 28.3 Å². The summed E-state index contributed by atoms with van der Waals surface area (Å²) in [5.74, 6) is 2.01. The smallest absolute Gasteiger partial charge is 0.266 e. The van der Waals surface area contributed by atoms with Gasteiger partial charge in [-0.25, -0.2) is 4.98 Å². The van der Waals surface area contributed by atoms with E-state index in [0.717, 1.165) is 23.9 Å². The number of ether oxygens (including phenoxy) is 2. The van der Waals surface area contributed by atoms with E-state index in [4.69, 9.17) is 14.5 Å². The molecular formula is C26H29N3O4. The summed E-state index contributed by atoms with van der Waals surface area (Å²) in [7, 11) is 5.05. The maximum atomic E-state index is 13.6. The van der Waals surface area contributed by atoms with E-state index in [1.807, 2.05) is 48.0 Å². The van der Waals surface area contributed by atoms with E-state index in [1.165, 1.54) is 0 Å². The predicted octanol–water partition coefficient (Wildman–Crippen LogP) is 3.85. The summed E-state index contributed by atoms with van der Waals surface area (Å²) in [6.45, 7) is 2.53. The number of para-hydroxylation sites is 1. The van der Waals surface area contributed by atoms with Crippen molar-refractivity contribution >= 4 is 21.9 Å². The highest BCUT2D eigenvalue weighted by atomic mass is 16.5. The molecule has 0 fully saturated rings. The summed E-state index contributed by atoms with van der Waals surface area (Å²) in [5.41, 5.74) is 1.67. The third-order valence-electron chi connectivity index (χ3n) is 6.11. The Morgan fingerprint density at radius 1 is 0.970 bits per heavy atom. The lowest BCUT2D eigenvalue weighted by Gasteiger charge is -2.16. The predicted molar refractivity (Wildman–Crippen MR) is 131 cm³/mol. The summed E-state index contributed by atoms with van der Waals surface area (Å²) in [4.78, 5) is 31.7. The van der Waals surface area contributed by atoms with Crippen LogP contribution < -0.4 is 20.5 Å². The molecule has 7 heteroatoms. The third-order valence-corrected chi connectivity index (χ3v) is 6.11. The van der Waals surface area contributed by atoms with Gasteiger partial charge in [0, 0.05) is 25.4 Å². The van der Waals surface area contributed by atoms with Gasteiger partial charge in [-0.05, 0) is 42.7 Å². The zero-order valence-electron chi connectivity index (χ0n) is 19.6. The van der Waals surface area contributed by atoms with Crippen molar-refractivity contribution in [3.05, 3.63) is 74.4 Å². The van der Waals surface area contributed by atoms with Crippen LogP contribution in [0.15, 0.2) is 52.1 Å². The second-order valence-corrected chi connectivity index (χ2v) is 8.13. The average molecular weight is 448 g/mol. The minimum absolute atomic E-state index is 0.142. The van der Waals surface area contributed by atoms with Crippen LogP contribution in [0.4, 0.5) is 0 Å². The molecule has 33 heavy (non-hydrogen) atoms. The van der Waals surface area contributed by atoms with Crippen LogP contribution in [0.1, 0.15) is 31.2 Å². The number of hydrogen-bond acceptors (Lipinski definition) is 5. The lowest BCUT2D eigenvalue weighted by Crippen LogP contribution is -2.31. The summed E-state index contributed by atoms with van der Waals surface area (Å²) in [6.07, 6.45) is 3.17. The molecule has 0 N–H and O–H groups in total. The largest absolute Gasteiger partial charge is 0.493 e. The molecule has 0 amide bonds. The number of pyridine rings is 1. The Labute approximate surface area is 192 Å². The molecule has 172 valence electrons. The fourth-order valence-corrected chi connectivity index (χ4v) is 4.27. The quantitative estimate of drug-likeness (QED) is 0.384. The van der Waals surface area contributed by atoms with Crippen molar-refractivity contribution in [3.63, 3.8) is 0 Å². The van der Waals surface area contributed by atoms with Gasteiger partial charge in [-0.15, -0.1) is 0 Å². The van der Waals surface area contributed by atoms with Gasteiger partial charge in [0.25, 0.3) is 5.56 Å². The van der Waals surface area contributed by atoms with Gasteiger partial charge < -0.3 is 14.0 Å². The molecule has 0 spiro atoms. The Bertz CT molecular complexity index is 1440. The molecule has 0 bridgehead atoms. The van der Waals surface area contributed by atoms with Gasteiger partial charge >= 0.3 is 0 Å². The first-order valence-corrected chi connectivity index (χ1v) is 11.2. The van der Waals surface area contributed by atoms with Crippen molar-refractivity contribution in [1.29, 1.82) is 0 Å². The van der Waals surface area contributed by atoms with Gasteiger partial charge in [-0.3, -0.25) is 14.2 Å². The zero-order chi connectivity index (χ0) is 23.5. The van der Waals surface area contributed by atoms with Gasteiger partial charge in [0.15, 0.2) is 17.1 Å². The number of benzene rings is 2. The number of unbranched alkanes of at least 4 members (excludes halogenated alkanes) is 1. The molecule has 2 aromatic carbocycles. The molecule has 0 radical (unpaired) electrons. The van der Waals surface area contributed by atoms with E-state index in [-0.39, 0.29) is 16.4 Å². The Hall–Kier alpha value is -3.61. The van der Waals surface area contributed by atoms with Crippen molar-refractivity contribution in [2.24, 2.45) is 7.05 Å². The van der Waals surface area contributed by atoms with Crippen LogP contribution in [0.3, 0.4) is 0 Å². The topological polar surface area (TPSA) is 75.4 Å². The molecule has 2 aromatic heterocycles. The van der Waals surface area contributed by atoms with Crippen molar-refractivity contribution in [2.45, 2.75) is 39.2 Å². The van der Waals surface area contributed by atoms with Crippen LogP contribution in [0.25, 0.3) is 21.9 Å². The molecule has 0 unspecified atom stereocenters. The van der Waals surface area contributed by atoms with Crippen LogP contribution in [0, 0.1) is 0 Å². The fraction of sp³-hybridized carbons (Fsp3) is 0.346. The van der Waals surface area contributed by atoms with Gasteiger partial charge in [0.1, 0.15) is 11.2 Å². The van der Waals surface area contributed by atoms with E-state index < -0.39 is 0 Å². The van der Waals surface area contributed by atoms with Crippen molar-refractivity contribution in [2.75, 3.05) is 14.2 Å². The van der Waals surface area contributed by atoms with E-state index in [1.54, 1.807) is 24.9 Å². The lowest BCUT2D eigenvalue weighted by molar-refractivity contribution is 0.354. The SMILES string of the molecule is CCCCc1nc2c(c(=O)c3ccccc3n2C)c(=O)n1CCc1ccc(OC)c(OC)c1. The molecule has 0 saturated carbocycles. The second kappa shape index (κ2) is 9.48. The average Bonchev–Trinajstić information content (AvgIpc) is 2.84. The first-order valence-electron chi connectivity index (χ1n) is 11.2. The molecular weight excluding hydrogens is 418 g/mol. The number of hydrogen-bond donors (Lipinski definition) is 0. The molecule has 0 atom stereocenters. The van der Waals surface area contributed by atoms with Gasteiger partial charge in [-0.1, -0.05) is 31.5 Å². The normalized spacial score (nSPS) is 11.3. The standard InChI is InChI=1S/C26H29N3O4/c1-5-6-11-22-27-25-23(24(30)18-9-7-8-10-19(18)28(25)2)26(31)29(22)15-14-17-12-13-20(32-3)21(16-17)33-4/h7-10,12-13,16H,5-6,11,14-15H2,1-4H3. The van der Waals surface area contributed by atoms with Gasteiger partial charge in [0.2, 0.25) is 5.43 Å². The highest BCUT2D eigenvalue weighted by Gasteiger charge is 2.18. The van der Waals surface area contributed by atoms with Crippen molar-refractivity contribution < 1.29 is 9.47 Å². The number of aryl methyl sites for hydroxylation is 3. The minimum atomic E-state index is -0.280. The molecule has 2 heterocycles. The summed E-state index contributed by atoms with van der Waals surface area (Å²) in [6, 6.07) is 13.1. The molecule has 7 nitrogen and oxygen atoms in total. The molecule has 0 aliphatic rings. The Balaban J connectivity index is 1.85. The number of fused-ring (bicyclic) bond motifs is 2. The Morgan fingerprint density at radius 3 is 2.45 bits per heavy atom. The van der Waals surface area contributed by atoms with Crippen LogP contribution in [0.2, 0.25) is 0 Å². The monoisotopic (exact) mass is 447 g/mol. The third kappa shape index (κ3) is 4.11. The van der Waals surface area contributed by atoms with E-state index in [9.17, 15) is 9.59 Å². The van der Waals surface area contributed by atoms with Gasteiger partial charge in [-0.2, -0.15) is 0 Å². The number of nitrogens with zero attached hydrogens (tertiary/aromatic N) is 3. The minimum Gasteiger partial charge on any atom is -0.493 e. The number of rotatable bonds is 8. The Kier molecular flexibility index (Phi) is 6.49. The fourth-order valence-electron chi connectivity index (χ4n) is 4.27. The molecule has 0 aliphatic carbocycles. The molecule has 4 aromatic rings. The molecule has 0 aliphatic heterocycles. The maximum absolute atomic E-state index is 13.6. The maximum Gasteiger partial charge on any atom is 0.266 e. The van der Waals surface area contributed by atoms with Crippen molar-refractivity contribution in [3.8, 4) is 11.5 Å². The van der Waals surface area contributed by atoms with Crippen LogP contribution in [0.5, 0.6) is 11.5 Å². The summed E-state index contributed by atoms with van der Waals surface area (Å²) >= 11 is 0. The number of aromatic nitrogens is 3. The zero-order valence-corrected chi connectivity index (χ0v) is 19.6. The first-order chi connectivity index (χ1) is 16.0. The summed E-state index contributed by atoms with van der Waals surface area (Å²) < 4.78 is 14.2. The Morgan fingerprint density at radius 2 is 1.73 bits per heavy atom. The van der Waals surface area contributed by atoms with E-state index in [2.05, 4.69) is 6.92 Å².